The van der Waals surface area contributed by atoms with Crippen LogP contribution in [0.2, 0.25) is 0 Å². The minimum atomic E-state index is -1.34. The topological polar surface area (TPSA) is 57.5 Å². The van der Waals surface area contributed by atoms with Crippen LogP contribution in [0.1, 0.15) is 10.4 Å². The van der Waals surface area contributed by atoms with Crippen LogP contribution in [0.5, 0.6) is 0 Å². The lowest BCUT2D eigenvalue weighted by Gasteiger charge is -2.07. The van der Waals surface area contributed by atoms with E-state index in [4.69, 9.17) is 5.11 Å². The highest BCUT2D eigenvalue weighted by Gasteiger charge is 2.15. The molecule has 0 bridgehead atoms. The van der Waals surface area contributed by atoms with Gasteiger partial charge in [0, 0.05) is 5.56 Å². The monoisotopic (exact) mass is 242 g/mol. The molecule has 2 N–H and O–H groups in total. The summed E-state index contributed by atoms with van der Waals surface area (Å²) in [6.45, 7) is -0.556. The summed E-state index contributed by atoms with van der Waals surface area (Å²) in [5.74, 6) is -0.461. The van der Waals surface area contributed by atoms with Crippen molar-refractivity contribution in [3.05, 3.63) is 60.2 Å². The van der Waals surface area contributed by atoms with Gasteiger partial charge in [-0.25, -0.2) is 0 Å². The standard InChI is InChI=1S/C15H14O3/c16-10-14(17)15(18)13-8-6-12(7-9-13)11-4-2-1-3-5-11/h1-9,14,16-17H,10H2. The number of aliphatic hydroxyl groups excluding tert-OH is 2. The van der Waals surface area contributed by atoms with E-state index in [9.17, 15) is 9.90 Å². The van der Waals surface area contributed by atoms with Crippen molar-refractivity contribution < 1.29 is 15.0 Å². The zero-order valence-corrected chi connectivity index (χ0v) is 9.78. The number of aliphatic hydroxyl groups is 2. The van der Waals surface area contributed by atoms with Crippen LogP contribution in [0.15, 0.2) is 54.6 Å². The van der Waals surface area contributed by atoms with Gasteiger partial charge in [0.25, 0.3) is 0 Å². The van der Waals surface area contributed by atoms with Crippen LogP contribution < -0.4 is 0 Å². The van der Waals surface area contributed by atoms with Gasteiger partial charge in [0.1, 0.15) is 6.10 Å². The molecule has 0 aliphatic rings. The van der Waals surface area contributed by atoms with E-state index in [0.717, 1.165) is 11.1 Å². The number of carbonyl (C=O) groups excluding carboxylic acids is 1. The Balaban J connectivity index is 2.23. The van der Waals surface area contributed by atoms with Gasteiger partial charge in [-0.2, -0.15) is 0 Å². The van der Waals surface area contributed by atoms with Crippen LogP contribution in [0, 0.1) is 0 Å². The predicted octanol–water partition coefficient (Wildman–Crippen LogP) is 1.89. The average molecular weight is 242 g/mol. The van der Waals surface area contributed by atoms with Gasteiger partial charge in [-0.1, -0.05) is 54.6 Å². The molecule has 0 fully saturated rings. The highest BCUT2D eigenvalue weighted by molar-refractivity contribution is 5.99. The quantitative estimate of drug-likeness (QED) is 0.805. The molecule has 92 valence electrons. The van der Waals surface area contributed by atoms with Crippen molar-refractivity contribution in [3.8, 4) is 11.1 Å². The minimum absolute atomic E-state index is 0.399. The van der Waals surface area contributed by atoms with Gasteiger partial charge in [0.2, 0.25) is 0 Å². The molecule has 2 rings (SSSR count). The van der Waals surface area contributed by atoms with E-state index in [-0.39, 0.29) is 0 Å². The van der Waals surface area contributed by atoms with Crippen molar-refractivity contribution in [2.45, 2.75) is 6.10 Å². The Morgan fingerprint density at radius 2 is 1.50 bits per heavy atom. The summed E-state index contributed by atoms with van der Waals surface area (Å²) < 4.78 is 0. The predicted molar refractivity (Wildman–Crippen MR) is 69.3 cm³/mol. The molecular weight excluding hydrogens is 228 g/mol. The summed E-state index contributed by atoms with van der Waals surface area (Å²) in [5, 5.41) is 18.0. The maximum atomic E-state index is 11.6. The molecule has 0 spiro atoms. The van der Waals surface area contributed by atoms with Crippen molar-refractivity contribution >= 4 is 5.78 Å². The third-order valence-electron chi connectivity index (χ3n) is 2.75. The Labute approximate surface area is 105 Å². The Kier molecular flexibility index (Phi) is 3.87. The zero-order chi connectivity index (χ0) is 13.0. The van der Waals surface area contributed by atoms with Crippen LogP contribution in [0.3, 0.4) is 0 Å². The number of rotatable bonds is 4. The second kappa shape index (κ2) is 5.58. The fourth-order valence-corrected chi connectivity index (χ4v) is 1.73. The van der Waals surface area contributed by atoms with E-state index in [1.807, 2.05) is 42.5 Å². The first kappa shape index (κ1) is 12.5. The van der Waals surface area contributed by atoms with E-state index in [0.29, 0.717) is 5.56 Å². The van der Waals surface area contributed by atoms with E-state index < -0.39 is 18.5 Å². The maximum absolute atomic E-state index is 11.6. The molecule has 0 aliphatic heterocycles. The summed E-state index contributed by atoms with van der Waals surface area (Å²) in [4.78, 5) is 11.6. The van der Waals surface area contributed by atoms with E-state index in [1.165, 1.54) is 0 Å². The number of carbonyl (C=O) groups is 1. The lowest BCUT2D eigenvalue weighted by atomic mass is 10.0. The van der Waals surface area contributed by atoms with E-state index in [2.05, 4.69) is 0 Å². The number of Topliss-reactive ketones (excluding diaryl/α,β-unsaturated/α-hetero) is 1. The Morgan fingerprint density at radius 1 is 0.944 bits per heavy atom. The molecule has 3 heteroatoms. The van der Waals surface area contributed by atoms with Gasteiger partial charge in [-0.3, -0.25) is 4.79 Å². The van der Waals surface area contributed by atoms with Gasteiger partial charge < -0.3 is 10.2 Å². The van der Waals surface area contributed by atoms with Crippen LogP contribution >= 0.6 is 0 Å². The largest absolute Gasteiger partial charge is 0.393 e. The summed E-state index contributed by atoms with van der Waals surface area (Å²) >= 11 is 0. The van der Waals surface area contributed by atoms with Gasteiger partial charge in [0.15, 0.2) is 5.78 Å². The first-order chi connectivity index (χ1) is 8.72. The number of ketones is 1. The summed E-state index contributed by atoms with van der Waals surface area (Å²) in [5.41, 5.74) is 2.47. The van der Waals surface area contributed by atoms with E-state index in [1.54, 1.807) is 12.1 Å². The van der Waals surface area contributed by atoms with Crippen molar-refractivity contribution in [1.29, 1.82) is 0 Å². The Morgan fingerprint density at radius 3 is 2.06 bits per heavy atom. The third kappa shape index (κ3) is 2.64. The molecule has 0 saturated heterocycles. The van der Waals surface area contributed by atoms with Crippen molar-refractivity contribution in [3.63, 3.8) is 0 Å². The van der Waals surface area contributed by atoms with Gasteiger partial charge in [-0.15, -0.1) is 0 Å². The molecular formula is C15H14O3. The van der Waals surface area contributed by atoms with Crippen molar-refractivity contribution in [2.24, 2.45) is 0 Å². The van der Waals surface area contributed by atoms with Crippen LogP contribution in [-0.4, -0.2) is 28.7 Å². The Bertz CT molecular complexity index is 517. The maximum Gasteiger partial charge on any atom is 0.193 e. The molecule has 0 aliphatic carbocycles. The highest BCUT2D eigenvalue weighted by Crippen LogP contribution is 2.19. The third-order valence-corrected chi connectivity index (χ3v) is 2.75. The van der Waals surface area contributed by atoms with Gasteiger partial charge >= 0.3 is 0 Å². The molecule has 1 unspecified atom stereocenters. The lowest BCUT2D eigenvalue weighted by Crippen LogP contribution is -2.24. The summed E-state index contributed by atoms with van der Waals surface area (Å²) in [6, 6.07) is 16.8. The molecule has 1 atom stereocenters. The fourth-order valence-electron chi connectivity index (χ4n) is 1.73. The molecule has 18 heavy (non-hydrogen) atoms. The first-order valence-electron chi connectivity index (χ1n) is 5.71. The number of benzene rings is 2. The molecule has 0 aromatic heterocycles. The zero-order valence-electron chi connectivity index (χ0n) is 9.78. The Hall–Kier alpha value is -1.97. The molecule has 0 saturated carbocycles. The second-order valence-electron chi connectivity index (χ2n) is 4.01. The molecule has 3 nitrogen and oxygen atoms in total. The number of hydrogen-bond donors (Lipinski definition) is 2. The highest BCUT2D eigenvalue weighted by atomic mass is 16.3. The molecule has 0 amide bonds. The first-order valence-corrected chi connectivity index (χ1v) is 5.71. The molecule has 2 aromatic rings. The summed E-state index contributed by atoms with van der Waals surface area (Å²) in [7, 11) is 0. The normalized spacial score (nSPS) is 12.1. The molecule has 0 heterocycles. The van der Waals surface area contributed by atoms with Crippen molar-refractivity contribution in [2.75, 3.05) is 6.61 Å². The number of hydrogen-bond acceptors (Lipinski definition) is 3. The molecule has 2 aromatic carbocycles. The second-order valence-corrected chi connectivity index (χ2v) is 4.01. The summed E-state index contributed by atoms with van der Waals surface area (Å²) in [6.07, 6.45) is -1.34. The molecule has 0 radical (unpaired) electrons. The van der Waals surface area contributed by atoms with Crippen molar-refractivity contribution in [1.82, 2.24) is 0 Å². The van der Waals surface area contributed by atoms with Gasteiger partial charge in [0.05, 0.1) is 6.61 Å². The minimum Gasteiger partial charge on any atom is -0.393 e. The fraction of sp³-hybridized carbons (Fsp3) is 0.133. The van der Waals surface area contributed by atoms with Crippen LogP contribution in [0.25, 0.3) is 11.1 Å². The van der Waals surface area contributed by atoms with Crippen LogP contribution in [0.4, 0.5) is 0 Å². The van der Waals surface area contributed by atoms with Gasteiger partial charge in [-0.05, 0) is 11.1 Å². The smallest absolute Gasteiger partial charge is 0.193 e. The van der Waals surface area contributed by atoms with E-state index >= 15 is 0 Å². The lowest BCUT2D eigenvalue weighted by molar-refractivity contribution is 0.0587. The van der Waals surface area contributed by atoms with Crippen LogP contribution in [-0.2, 0) is 0 Å². The average Bonchev–Trinajstić information content (AvgIpc) is 2.47. The SMILES string of the molecule is O=C(c1ccc(-c2ccccc2)cc1)C(O)CO.